The lowest BCUT2D eigenvalue weighted by molar-refractivity contribution is 0.0586. The molecule has 11 heteroatoms. The van der Waals surface area contributed by atoms with Gasteiger partial charge in [-0.05, 0) is 12.1 Å². The van der Waals surface area contributed by atoms with Gasteiger partial charge in [0.15, 0.2) is 0 Å². The number of hydrogen-bond acceptors (Lipinski definition) is 10. The largest absolute Gasteiger partial charge is 0.464 e. The van der Waals surface area contributed by atoms with E-state index >= 15 is 0 Å². The van der Waals surface area contributed by atoms with Crippen molar-refractivity contribution in [2.24, 2.45) is 0 Å². The zero-order valence-corrected chi connectivity index (χ0v) is 17.2. The van der Waals surface area contributed by atoms with Crippen LogP contribution >= 0.6 is 11.8 Å². The van der Waals surface area contributed by atoms with Crippen LogP contribution in [0.1, 0.15) is 31.4 Å². The van der Waals surface area contributed by atoms with Gasteiger partial charge in [-0.1, -0.05) is 23.4 Å². The molecule has 0 unspecified atom stereocenters. The molecule has 1 aromatic carbocycles. The molecule has 1 aromatic heterocycles. The first-order valence-electron chi connectivity index (χ1n) is 9.11. The number of aromatic nitrogens is 1. The zero-order chi connectivity index (χ0) is 22.2. The Morgan fingerprint density at radius 1 is 1.16 bits per heavy atom. The first kappa shape index (κ1) is 22.2. The molecular weight excluding hydrogens is 428 g/mol. The van der Waals surface area contributed by atoms with E-state index in [1.54, 1.807) is 24.3 Å². The first-order chi connectivity index (χ1) is 15.0. The van der Waals surface area contributed by atoms with Crippen molar-refractivity contribution in [3.05, 3.63) is 58.3 Å². The molecule has 0 fully saturated rings. The monoisotopic (exact) mass is 446 g/mol. The van der Waals surface area contributed by atoms with Crippen LogP contribution in [0.3, 0.4) is 0 Å². The quantitative estimate of drug-likeness (QED) is 0.451. The predicted molar refractivity (Wildman–Crippen MR) is 108 cm³/mol. The van der Waals surface area contributed by atoms with Crippen LogP contribution in [0.5, 0.6) is 5.75 Å². The lowest BCUT2D eigenvalue weighted by Crippen LogP contribution is -2.30. The van der Waals surface area contributed by atoms with Gasteiger partial charge in [0.25, 0.3) is 0 Å². The summed E-state index contributed by atoms with van der Waals surface area (Å²) in [6.45, 7) is 0.737. The summed E-state index contributed by atoms with van der Waals surface area (Å²) in [7, 11) is 1.14. The number of methoxy groups -OCH3 is 1. The number of benzene rings is 1. The Kier molecular flexibility index (Phi) is 7.57. The molecule has 0 aliphatic heterocycles. The van der Waals surface area contributed by atoms with Crippen LogP contribution in [0.4, 0.5) is 4.79 Å². The summed E-state index contributed by atoms with van der Waals surface area (Å²) in [6.07, 6.45) is 0.550. The Morgan fingerprint density at radius 3 is 2.68 bits per heavy atom. The molecule has 0 radical (unpaired) electrons. The normalized spacial score (nSPS) is 12.7. The average Bonchev–Trinajstić information content (AvgIpc) is 3.22. The summed E-state index contributed by atoms with van der Waals surface area (Å²) in [6, 6.07) is 8.64. The fourth-order valence-electron chi connectivity index (χ4n) is 2.56. The number of carbonyl (C=O) groups excluding carboxylic acids is 4. The lowest BCUT2D eigenvalue weighted by Gasteiger charge is -2.11. The number of hydrogen-bond donors (Lipinski definition) is 1. The van der Waals surface area contributed by atoms with E-state index < -0.39 is 23.6 Å². The number of nitrogens with one attached hydrogen (secondary N) is 1. The molecule has 1 aliphatic rings. The van der Waals surface area contributed by atoms with Crippen molar-refractivity contribution in [3.63, 3.8) is 0 Å². The highest BCUT2D eigenvalue weighted by Gasteiger charge is 2.36. The lowest BCUT2D eigenvalue weighted by atomic mass is 10.00. The van der Waals surface area contributed by atoms with E-state index in [0.29, 0.717) is 11.5 Å². The van der Waals surface area contributed by atoms with Crippen molar-refractivity contribution < 1.29 is 37.9 Å². The summed E-state index contributed by atoms with van der Waals surface area (Å²) in [5.74, 6) is -1.43. The zero-order valence-electron chi connectivity index (χ0n) is 16.4. The number of fused-ring (bicyclic) bond motifs is 1. The molecule has 0 atom stereocenters. The maximum Gasteiger partial charge on any atom is 0.412 e. The Morgan fingerprint density at radius 2 is 1.94 bits per heavy atom. The molecule has 1 aliphatic carbocycles. The topological polar surface area (TPSA) is 134 Å². The number of nitrogens with zero attached hydrogens (tertiary/aromatic N) is 1. The summed E-state index contributed by atoms with van der Waals surface area (Å²) in [5, 5.41) is 6.02. The molecule has 1 N–H and O–H groups in total. The van der Waals surface area contributed by atoms with Crippen LogP contribution in [0, 0.1) is 0 Å². The number of amides is 1. The molecule has 162 valence electrons. The number of allylic oxidation sites excluding steroid dienone is 2. The smallest absolute Gasteiger partial charge is 0.412 e. The third-order valence-corrected chi connectivity index (χ3v) is 4.95. The van der Waals surface area contributed by atoms with Gasteiger partial charge in [0.1, 0.15) is 11.3 Å². The van der Waals surface area contributed by atoms with Gasteiger partial charge in [-0.2, -0.15) is 0 Å². The fourth-order valence-corrected chi connectivity index (χ4v) is 3.40. The molecule has 0 saturated heterocycles. The molecule has 0 saturated carbocycles. The van der Waals surface area contributed by atoms with Crippen LogP contribution in [-0.2, 0) is 9.47 Å². The third kappa shape index (κ3) is 5.58. The van der Waals surface area contributed by atoms with Gasteiger partial charge in [-0.15, -0.1) is 11.8 Å². The summed E-state index contributed by atoms with van der Waals surface area (Å²) in [4.78, 5) is 48.2. The fraction of sp³-hybridized carbons (Fsp3) is 0.250. The van der Waals surface area contributed by atoms with E-state index in [0.717, 1.165) is 24.9 Å². The van der Waals surface area contributed by atoms with Gasteiger partial charge in [0.05, 0.1) is 25.2 Å². The summed E-state index contributed by atoms with van der Waals surface area (Å²) >= 11 is 1.10. The molecule has 1 heterocycles. The SMILES string of the molecule is COC(=O)c1noc2c1C(=O)C(SCCOCCNC(=O)Oc1ccccc1)=CC2=O. The Balaban J connectivity index is 1.39. The van der Waals surface area contributed by atoms with Crippen molar-refractivity contribution in [2.45, 2.75) is 0 Å². The average molecular weight is 446 g/mol. The standard InChI is InChI=1S/C20H18N2O8S/c1-27-19(25)16-15-17(24)14(11-13(23)18(15)30-22-16)31-10-9-28-8-7-21-20(26)29-12-5-3-2-4-6-12/h2-6,11H,7-10H2,1H3,(H,21,26). The van der Waals surface area contributed by atoms with Crippen LogP contribution in [-0.4, -0.2) is 61.4 Å². The Labute approximate surface area is 180 Å². The van der Waals surface area contributed by atoms with E-state index in [-0.39, 0.29) is 41.7 Å². The van der Waals surface area contributed by atoms with Crippen LogP contribution in [0.15, 0.2) is 45.8 Å². The third-order valence-electron chi connectivity index (χ3n) is 3.96. The molecule has 2 aromatic rings. The molecule has 0 bridgehead atoms. The minimum absolute atomic E-state index is 0.152. The van der Waals surface area contributed by atoms with E-state index in [4.69, 9.17) is 14.0 Å². The van der Waals surface area contributed by atoms with Crippen molar-refractivity contribution in [2.75, 3.05) is 32.6 Å². The van der Waals surface area contributed by atoms with Gasteiger partial charge in [-0.25, -0.2) is 9.59 Å². The molecule has 31 heavy (non-hydrogen) atoms. The predicted octanol–water partition coefficient (Wildman–Crippen LogP) is 2.26. The molecular formula is C20H18N2O8S. The maximum atomic E-state index is 12.6. The highest BCUT2D eigenvalue weighted by atomic mass is 32.2. The molecule has 0 spiro atoms. The minimum atomic E-state index is -0.862. The van der Waals surface area contributed by atoms with Gasteiger partial charge >= 0.3 is 12.1 Å². The maximum absolute atomic E-state index is 12.6. The number of rotatable bonds is 9. The number of esters is 1. The highest BCUT2D eigenvalue weighted by molar-refractivity contribution is 8.04. The first-order valence-corrected chi connectivity index (χ1v) is 10.1. The number of ketones is 2. The second-order valence-corrected chi connectivity index (χ2v) is 7.16. The van der Waals surface area contributed by atoms with E-state index in [9.17, 15) is 19.2 Å². The number of Topliss-reactive ketones (excluding diaryl/α,β-unsaturated/α-hetero) is 1. The Bertz CT molecular complexity index is 1020. The summed E-state index contributed by atoms with van der Waals surface area (Å²) in [5.41, 5.74) is -0.518. The minimum Gasteiger partial charge on any atom is -0.464 e. The second kappa shape index (κ2) is 10.5. The van der Waals surface area contributed by atoms with Crippen LogP contribution in [0.25, 0.3) is 0 Å². The van der Waals surface area contributed by atoms with E-state index in [2.05, 4.69) is 15.2 Å². The van der Waals surface area contributed by atoms with Gasteiger partial charge in [-0.3, -0.25) is 9.59 Å². The van der Waals surface area contributed by atoms with Gasteiger partial charge < -0.3 is 24.1 Å². The molecule has 1 amide bonds. The van der Waals surface area contributed by atoms with Crippen molar-refractivity contribution >= 4 is 35.4 Å². The van der Waals surface area contributed by atoms with Crippen molar-refractivity contribution in [1.82, 2.24) is 10.5 Å². The number of thioether (sulfide) groups is 1. The highest BCUT2D eigenvalue weighted by Crippen LogP contribution is 2.30. The van der Waals surface area contributed by atoms with Crippen molar-refractivity contribution in [3.8, 4) is 5.75 Å². The number of carbonyl (C=O) groups is 4. The van der Waals surface area contributed by atoms with Gasteiger partial charge in [0, 0.05) is 18.4 Å². The van der Waals surface area contributed by atoms with Crippen LogP contribution < -0.4 is 10.1 Å². The van der Waals surface area contributed by atoms with Crippen molar-refractivity contribution in [1.29, 1.82) is 0 Å². The summed E-state index contributed by atoms with van der Waals surface area (Å²) < 4.78 is 19.8. The van der Waals surface area contributed by atoms with E-state index in [1.165, 1.54) is 0 Å². The molecule has 3 rings (SSSR count). The molecule has 10 nitrogen and oxygen atoms in total. The number of para-hydroxylation sites is 1. The number of ether oxygens (including phenoxy) is 3. The van der Waals surface area contributed by atoms with Gasteiger partial charge in [0.2, 0.25) is 23.0 Å². The Hall–Kier alpha value is -3.44. The second-order valence-electron chi connectivity index (χ2n) is 6.02. The van der Waals surface area contributed by atoms with E-state index in [1.807, 2.05) is 6.07 Å². The van der Waals surface area contributed by atoms with Crippen LogP contribution in [0.2, 0.25) is 0 Å².